The summed E-state index contributed by atoms with van der Waals surface area (Å²) in [4.78, 5) is 11.7. The molecular formula is C12H17BrN2O2. The highest BCUT2D eigenvalue weighted by Gasteiger charge is 2.11. The maximum Gasteiger partial charge on any atom is 0.227 e. The molecule has 1 amide bonds. The van der Waals surface area contributed by atoms with Crippen LogP contribution in [-0.2, 0) is 9.53 Å². The summed E-state index contributed by atoms with van der Waals surface area (Å²) in [7, 11) is 1.55. The average Bonchev–Trinajstić information content (AvgIpc) is 2.24. The number of carbonyl (C=O) groups is 1. The molecular weight excluding hydrogens is 284 g/mol. The summed E-state index contributed by atoms with van der Waals surface area (Å²) in [6.07, 6.45) is 0.0294. The van der Waals surface area contributed by atoms with Gasteiger partial charge in [0.15, 0.2) is 0 Å². The van der Waals surface area contributed by atoms with Gasteiger partial charge in [-0.15, -0.1) is 0 Å². The standard InChI is InChI=1S/C12H17BrN2O2/c1-8-3-9(13)5-10(4-8)15-12(16)6-11(7-14)17-2/h3-5,11H,6-7,14H2,1-2H3,(H,15,16). The van der Waals surface area contributed by atoms with Crippen LogP contribution in [-0.4, -0.2) is 25.7 Å². The summed E-state index contributed by atoms with van der Waals surface area (Å²) < 4.78 is 6.00. The number of halogens is 1. The fraction of sp³-hybridized carbons (Fsp3) is 0.417. The van der Waals surface area contributed by atoms with Crippen molar-refractivity contribution in [3.05, 3.63) is 28.2 Å². The summed E-state index contributed by atoms with van der Waals surface area (Å²) in [6, 6.07) is 5.75. The molecule has 0 saturated heterocycles. The third kappa shape index (κ3) is 4.85. The van der Waals surface area contributed by atoms with E-state index < -0.39 is 0 Å². The Morgan fingerprint density at radius 2 is 2.24 bits per heavy atom. The number of amides is 1. The molecule has 5 heteroatoms. The molecule has 0 aliphatic carbocycles. The summed E-state index contributed by atoms with van der Waals surface area (Å²) in [5.41, 5.74) is 7.31. The van der Waals surface area contributed by atoms with E-state index >= 15 is 0 Å². The largest absolute Gasteiger partial charge is 0.380 e. The van der Waals surface area contributed by atoms with E-state index in [4.69, 9.17) is 10.5 Å². The van der Waals surface area contributed by atoms with Crippen molar-refractivity contribution in [3.8, 4) is 0 Å². The SMILES string of the molecule is COC(CN)CC(=O)Nc1cc(C)cc(Br)c1. The van der Waals surface area contributed by atoms with E-state index in [1.807, 2.05) is 25.1 Å². The van der Waals surface area contributed by atoms with E-state index in [-0.39, 0.29) is 18.4 Å². The van der Waals surface area contributed by atoms with Crippen LogP contribution in [0.1, 0.15) is 12.0 Å². The topological polar surface area (TPSA) is 64.3 Å². The minimum absolute atomic E-state index is 0.0974. The second-order valence-electron chi connectivity index (χ2n) is 3.86. The number of ether oxygens (including phenoxy) is 1. The second kappa shape index (κ2) is 6.74. The van der Waals surface area contributed by atoms with Crippen LogP contribution in [0.25, 0.3) is 0 Å². The average molecular weight is 301 g/mol. The van der Waals surface area contributed by atoms with Crippen LogP contribution >= 0.6 is 15.9 Å². The first kappa shape index (κ1) is 14.2. The molecule has 0 aliphatic rings. The van der Waals surface area contributed by atoms with E-state index in [9.17, 15) is 4.79 Å². The zero-order chi connectivity index (χ0) is 12.8. The van der Waals surface area contributed by atoms with Crippen molar-refractivity contribution >= 4 is 27.5 Å². The molecule has 0 aliphatic heterocycles. The number of rotatable bonds is 5. The lowest BCUT2D eigenvalue weighted by molar-refractivity contribution is -0.118. The Bertz CT molecular complexity index is 372. The molecule has 0 radical (unpaired) electrons. The van der Waals surface area contributed by atoms with Crippen molar-refractivity contribution in [1.82, 2.24) is 0 Å². The quantitative estimate of drug-likeness (QED) is 0.875. The van der Waals surface area contributed by atoms with Gasteiger partial charge >= 0.3 is 0 Å². The molecule has 1 atom stereocenters. The van der Waals surface area contributed by atoms with Gasteiger partial charge in [-0.25, -0.2) is 0 Å². The van der Waals surface area contributed by atoms with Gasteiger partial charge in [-0.1, -0.05) is 15.9 Å². The normalized spacial score (nSPS) is 12.2. The third-order valence-electron chi connectivity index (χ3n) is 2.34. The highest BCUT2D eigenvalue weighted by Crippen LogP contribution is 2.19. The highest BCUT2D eigenvalue weighted by molar-refractivity contribution is 9.10. The number of hydrogen-bond acceptors (Lipinski definition) is 3. The van der Waals surface area contributed by atoms with Gasteiger partial charge in [0.2, 0.25) is 5.91 Å². The first-order valence-corrected chi connectivity index (χ1v) is 6.14. The molecule has 3 N–H and O–H groups in total. The minimum atomic E-state index is -0.233. The summed E-state index contributed by atoms with van der Waals surface area (Å²) in [5, 5.41) is 2.82. The first-order chi connectivity index (χ1) is 8.05. The smallest absolute Gasteiger partial charge is 0.227 e. The van der Waals surface area contributed by atoms with E-state index in [0.717, 1.165) is 15.7 Å². The third-order valence-corrected chi connectivity index (χ3v) is 2.79. The predicted octanol–water partition coefficient (Wildman–Crippen LogP) is 2.06. The minimum Gasteiger partial charge on any atom is -0.380 e. The lowest BCUT2D eigenvalue weighted by Crippen LogP contribution is -2.28. The molecule has 94 valence electrons. The van der Waals surface area contributed by atoms with Gasteiger partial charge in [-0.2, -0.15) is 0 Å². The zero-order valence-corrected chi connectivity index (χ0v) is 11.6. The molecule has 0 bridgehead atoms. The molecule has 4 nitrogen and oxygen atoms in total. The number of nitrogens with two attached hydrogens (primary N) is 1. The second-order valence-corrected chi connectivity index (χ2v) is 4.78. The van der Waals surface area contributed by atoms with Gasteiger partial charge in [0.05, 0.1) is 12.5 Å². The molecule has 0 spiro atoms. The van der Waals surface area contributed by atoms with E-state index in [1.165, 1.54) is 0 Å². The summed E-state index contributed by atoms with van der Waals surface area (Å²) >= 11 is 3.39. The number of methoxy groups -OCH3 is 1. The monoisotopic (exact) mass is 300 g/mol. The van der Waals surface area contributed by atoms with Crippen LogP contribution in [0.5, 0.6) is 0 Å². The van der Waals surface area contributed by atoms with E-state index in [0.29, 0.717) is 6.54 Å². The number of carbonyl (C=O) groups excluding carboxylic acids is 1. The Hall–Kier alpha value is -0.910. The van der Waals surface area contributed by atoms with Crippen molar-refractivity contribution in [1.29, 1.82) is 0 Å². The van der Waals surface area contributed by atoms with Gasteiger partial charge in [0.1, 0.15) is 0 Å². The highest BCUT2D eigenvalue weighted by atomic mass is 79.9. The van der Waals surface area contributed by atoms with Crippen LogP contribution in [0, 0.1) is 6.92 Å². The fourth-order valence-electron chi connectivity index (χ4n) is 1.49. The van der Waals surface area contributed by atoms with Gasteiger partial charge in [0, 0.05) is 23.8 Å². The zero-order valence-electron chi connectivity index (χ0n) is 10.00. The Morgan fingerprint density at radius 1 is 1.53 bits per heavy atom. The Kier molecular flexibility index (Phi) is 5.61. The van der Waals surface area contributed by atoms with Crippen LogP contribution in [0.15, 0.2) is 22.7 Å². The van der Waals surface area contributed by atoms with Crippen molar-refractivity contribution in [2.24, 2.45) is 5.73 Å². The lowest BCUT2D eigenvalue weighted by Gasteiger charge is -2.13. The van der Waals surface area contributed by atoms with Crippen molar-refractivity contribution in [2.75, 3.05) is 19.0 Å². The molecule has 1 aromatic carbocycles. The van der Waals surface area contributed by atoms with Crippen LogP contribution in [0.4, 0.5) is 5.69 Å². The molecule has 0 fully saturated rings. The van der Waals surface area contributed by atoms with E-state index in [2.05, 4.69) is 21.2 Å². The van der Waals surface area contributed by atoms with Crippen LogP contribution in [0.2, 0.25) is 0 Å². The maximum absolute atomic E-state index is 11.7. The lowest BCUT2D eigenvalue weighted by atomic mass is 10.2. The molecule has 0 aromatic heterocycles. The molecule has 0 saturated carbocycles. The van der Waals surface area contributed by atoms with Gasteiger partial charge in [-0.05, 0) is 30.7 Å². The van der Waals surface area contributed by atoms with E-state index in [1.54, 1.807) is 7.11 Å². The fourth-order valence-corrected chi connectivity index (χ4v) is 2.10. The van der Waals surface area contributed by atoms with Gasteiger partial charge < -0.3 is 15.8 Å². The molecule has 0 heterocycles. The van der Waals surface area contributed by atoms with Gasteiger partial charge in [0.25, 0.3) is 0 Å². The van der Waals surface area contributed by atoms with Gasteiger partial charge in [-0.3, -0.25) is 4.79 Å². The number of hydrogen-bond donors (Lipinski definition) is 2. The summed E-state index contributed by atoms with van der Waals surface area (Å²) in [6.45, 7) is 2.31. The first-order valence-electron chi connectivity index (χ1n) is 5.35. The molecule has 17 heavy (non-hydrogen) atoms. The maximum atomic E-state index is 11.7. The predicted molar refractivity (Wildman–Crippen MR) is 72.0 cm³/mol. The Morgan fingerprint density at radius 3 is 2.76 bits per heavy atom. The number of benzene rings is 1. The van der Waals surface area contributed by atoms with Crippen molar-refractivity contribution < 1.29 is 9.53 Å². The number of anilines is 1. The Labute approximate surface area is 110 Å². The molecule has 1 unspecified atom stereocenters. The molecule has 1 rings (SSSR count). The van der Waals surface area contributed by atoms with Crippen molar-refractivity contribution in [2.45, 2.75) is 19.4 Å². The molecule has 1 aromatic rings. The number of aryl methyl sites for hydroxylation is 1. The van der Waals surface area contributed by atoms with Crippen LogP contribution in [0.3, 0.4) is 0 Å². The number of nitrogens with one attached hydrogen (secondary N) is 1. The Balaban J connectivity index is 2.61. The van der Waals surface area contributed by atoms with Crippen LogP contribution < -0.4 is 11.1 Å². The van der Waals surface area contributed by atoms with Crippen molar-refractivity contribution in [3.63, 3.8) is 0 Å². The summed E-state index contributed by atoms with van der Waals surface area (Å²) in [5.74, 6) is -0.0974.